The van der Waals surface area contributed by atoms with Crippen LogP contribution < -0.4 is 10.6 Å². The topological polar surface area (TPSA) is 73.8 Å². The SMILES string of the molecule is CCNC(=NCCS(=O)(=O)C(C)(C)C)NC1CCCN(Cc2c(F)cccc2F)C1.I. The van der Waals surface area contributed by atoms with Crippen LogP contribution in [0.3, 0.4) is 0 Å². The molecule has 0 spiro atoms. The van der Waals surface area contributed by atoms with Gasteiger partial charge in [-0.25, -0.2) is 17.2 Å². The first-order chi connectivity index (χ1) is 14.0. The van der Waals surface area contributed by atoms with Crippen LogP contribution in [0.1, 0.15) is 46.1 Å². The summed E-state index contributed by atoms with van der Waals surface area (Å²) in [5.41, 5.74) is 0.0890. The van der Waals surface area contributed by atoms with Crippen LogP contribution in [-0.2, 0) is 16.4 Å². The average Bonchev–Trinajstić information content (AvgIpc) is 2.64. The number of rotatable bonds is 7. The van der Waals surface area contributed by atoms with E-state index in [1.807, 2.05) is 11.8 Å². The first-order valence-corrected chi connectivity index (χ1v) is 12.1. The second kappa shape index (κ2) is 12.3. The highest BCUT2D eigenvalue weighted by atomic mass is 127. The highest BCUT2D eigenvalue weighted by Gasteiger charge is 2.28. The van der Waals surface area contributed by atoms with Crippen molar-refractivity contribution in [3.63, 3.8) is 0 Å². The Kier molecular flexibility index (Phi) is 11.1. The van der Waals surface area contributed by atoms with Crippen molar-refractivity contribution < 1.29 is 17.2 Å². The van der Waals surface area contributed by atoms with E-state index in [2.05, 4.69) is 15.6 Å². The van der Waals surface area contributed by atoms with Crippen LogP contribution in [0.25, 0.3) is 0 Å². The second-order valence-corrected chi connectivity index (χ2v) is 11.5. The number of halogens is 3. The van der Waals surface area contributed by atoms with Gasteiger partial charge in [0.1, 0.15) is 11.6 Å². The second-order valence-electron chi connectivity index (χ2n) is 8.61. The quantitative estimate of drug-likeness (QED) is 0.298. The first-order valence-electron chi connectivity index (χ1n) is 10.5. The molecule has 0 aliphatic carbocycles. The lowest BCUT2D eigenvalue weighted by molar-refractivity contribution is 0.188. The standard InChI is InChI=1S/C21H34F2N4O2S.HI/c1-5-24-20(25-11-13-30(28,29)21(2,3)4)26-16-8-7-12-27(14-16)15-17-18(22)9-6-10-19(17)23;/h6,9-10,16H,5,7-8,11-15H2,1-4H3,(H2,24,25,26);1H. The third-order valence-electron chi connectivity index (χ3n) is 5.20. The molecule has 0 bridgehead atoms. The average molecular weight is 573 g/mol. The van der Waals surface area contributed by atoms with E-state index in [0.29, 0.717) is 19.0 Å². The van der Waals surface area contributed by atoms with Crippen molar-refractivity contribution in [2.45, 2.75) is 57.9 Å². The maximum atomic E-state index is 14.0. The molecule has 1 atom stereocenters. The van der Waals surface area contributed by atoms with E-state index in [1.54, 1.807) is 20.8 Å². The van der Waals surface area contributed by atoms with Crippen LogP contribution in [-0.4, -0.2) is 62.0 Å². The van der Waals surface area contributed by atoms with Gasteiger partial charge in [0.2, 0.25) is 0 Å². The Labute approximate surface area is 202 Å². The van der Waals surface area contributed by atoms with Crippen molar-refractivity contribution in [3.8, 4) is 0 Å². The van der Waals surface area contributed by atoms with E-state index in [9.17, 15) is 17.2 Å². The fourth-order valence-electron chi connectivity index (χ4n) is 3.32. The van der Waals surface area contributed by atoms with Crippen molar-refractivity contribution in [1.29, 1.82) is 0 Å². The molecule has 0 saturated carbocycles. The van der Waals surface area contributed by atoms with Crippen molar-refractivity contribution in [2.75, 3.05) is 31.9 Å². The Hall–Kier alpha value is -1.01. The number of aliphatic imine (C=N–C) groups is 1. The van der Waals surface area contributed by atoms with Gasteiger partial charge in [0.15, 0.2) is 15.8 Å². The van der Waals surface area contributed by atoms with Gasteiger partial charge in [-0.15, -0.1) is 24.0 Å². The molecule has 1 heterocycles. The molecule has 1 unspecified atom stereocenters. The maximum Gasteiger partial charge on any atom is 0.191 e. The van der Waals surface area contributed by atoms with Crippen LogP contribution in [0, 0.1) is 11.6 Å². The smallest absolute Gasteiger partial charge is 0.191 e. The van der Waals surface area contributed by atoms with Crippen molar-refractivity contribution in [3.05, 3.63) is 35.4 Å². The molecule has 10 heteroatoms. The third-order valence-corrected chi connectivity index (χ3v) is 7.78. The molecule has 1 aromatic carbocycles. The zero-order valence-corrected chi connectivity index (χ0v) is 21.9. The van der Waals surface area contributed by atoms with Gasteiger partial charge in [-0.2, -0.15) is 0 Å². The minimum Gasteiger partial charge on any atom is -0.357 e. The fraction of sp³-hybridized carbons (Fsp3) is 0.667. The summed E-state index contributed by atoms with van der Waals surface area (Å²) in [6.45, 7) is 9.42. The van der Waals surface area contributed by atoms with Gasteiger partial charge in [-0.3, -0.25) is 9.89 Å². The van der Waals surface area contributed by atoms with Gasteiger partial charge in [0.05, 0.1) is 17.0 Å². The number of hydrogen-bond donors (Lipinski definition) is 2. The molecule has 178 valence electrons. The lowest BCUT2D eigenvalue weighted by Crippen LogP contribution is -2.51. The van der Waals surface area contributed by atoms with Crippen molar-refractivity contribution in [1.82, 2.24) is 15.5 Å². The lowest BCUT2D eigenvalue weighted by Gasteiger charge is -2.34. The van der Waals surface area contributed by atoms with Gasteiger partial charge in [-0.05, 0) is 59.2 Å². The largest absolute Gasteiger partial charge is 0.357 e. The summed E-state index contributed by atoms with van der Waals surface area (Å²) in [5.74, 6) is -0.512. The van der Waals surface area contributed by atoms with Gasteiger partial charge in [-0.1, -0.05) is 6.07 Å². The molecular formula is C21H35F2IN4O2S. The molecule has 1 saturated heterocycles. The molecule has 0 radical (unpaired) electrons. The van der Waals surface area contributed by atoms with Crippen molar-refractivity contribution in [2.24, 2.45) is 4.99 Å². The summed E-state index contributed by atoms with van der Waals surface area (Å²) in [7, 11) is -3.23. The Morgan fingerprint density at radius 2 is 1.90 bits per heavy atom. The summed E-state index contributed by atoms with van der Waals surface area (Å²) in [5, 5.41) is 6.48. The number of nitrogens with one attached hydrogen (secondary N) is 2. The minimum atomic E-state index is -3.23. The van der Waals surface area contributed by atoms with E-state index >= 15 is 0 Å². The molecule has 1 aromatic rings. The van der Waals surface area contributed by atoms with E-state index < -0.39 is 26.2 Å². The number of likely N-dealkylation sites (tertiary alicyclic amines) is 1. The van der Waals surface area contributed by atoms with E-state index in [1.165, 1.54) is 18.2 Å². The summed E-state index contributed by atoms with van der Waals surface area (Å²) < 4.78 is 51.7. The predicted octanol–water partition coefficient (Wildman–Crippen LogP) is 3.32. The van der Waals surface area contributed by atoms with Gasteiger partial charge in [0.25, 0.3) is 0 Å². The van der Waals surface area contributed by atoms with Crippen LogP contribution in [0.4, 0.5) is 8.78 Å². The Balaban J connectivity index is 0.00000480. The number of guanidine groups is 1. The molecule has 2 N–H and O–H groups in total. The molecule has 6 nitrogen and oxygen atoms in total. The monoisotopic (exact) mass is 572 g/mol. The predicted molar refractivity (Wildman–Crippen MR) is 133 cm³/mol. The number of nitrogens with zero attached hydrogens (tertiary/aromatic N) is 2. The van der Waals surface area contributed by atoms with Crippen molar-refractivity contribution >= 4 is 39.8 Å². The Bertz CT molecular complexity index is 824. The number of sulfone groups is 1. The summed E-state index contributed by atoms with van der Waals surface area (Å²) in [6.07, 6.45) is 1.80. The molecule has 2 rings (SSSR count). The summed E-state index contributed by atoms with van der Waals surface area (Å²) >= 11 is 0. The molecular weight excluding hydrogens is 537 g/mol. The zero-order valence-electron chi connectivity index (χ0n) is 18.7. The lowest BCUT2D eigenvalue weighted by atomic mass is 10.0. The molecule has 0 amide bonds. The molecule has 1 aliphatic heterocycles. The van der Waals surface area contributed by atoms with Crippen LogP contribution in [0.2, 0.25) is 0 Å². The summed E-state index contributed by atoms with van der Waals surface area (Å²) in [4.78, 5) is 6.44. The fourth-order valence-corrected chi connectivity index (χ4v) is 4.27. The first kappa shape index (κ1) is 28.0. The zero-order chi connectivity index (χ0) is 22.4. The number of benzene rings is 1. The van der Waals surface area contributed by atoms with E-state index in [0.717, 1.165) is 19.4 Å². The minimum absolute atomic E-state index is 0. The molecule has 1 aliphatic rings. The normalized spacial score (nSPS) is 18.4. The highest BCUT2D eigenvalue weighted by molar-refractivity contribution is 14.0. The van der Waals surface area contributed by atoms with E-state index in [4.69, 9.17) is 0 Å². The maximum absolute atomic E-state index is 14.0. The van der Waals surface area contributed by atoms with Gasteiger partial charge >= 0.3 is 0 Å². The number of piperidine rings is 1. The Morgan fingerprint density at radius 1 is 1.26 bits per heavy atom. The third kappa shape index (κ3) is 8.45. The van der Waals surface area contributed by atoms with Gasteiger partial charge in [0, 0.05) is 31.2 Å². The molecule has 31 heavy (non-hydrogen) atoms. The Morgan fingerprint density at radius 3 is 2.48 bits per heavy atom. The van der Waals surface area contributed by atoms with Crippen LogP contribution in [0.15, 0.2) is 23.2 Å². The van der Waals surface area contributed by atoms with Gasteiger partial charge < -0.3 is 10.6 Å². The highest BCUT2D eigenvalue weighted by Crippen LogP contribution is 2.18. The molecule has 0 aromatic heterocycles. The van der Waals surface area contributed by atoms with Crippen LogP contribution >= 0.6 is 24.0 Å². The van der Waals surface area contributed by atoms with Crippen LogP contribution in [0.5, 0.6) is 0 Å². The summed E-state index contributed by atoms with van der Waals surface area (Å²) in [6, 6.07) is 3.98. The van der Waals surface area contributed by atoms with E-state index in [-0.39, 0.29) is 54.4 Å². The molecule has 1 fully saturated rings. The number of hydrogen-bond acceptors (Lipinski definition) is 4.